The highest BCUT2D eigenvalue weighted by molar-refractivity contribution is 8.13. The van der Waals surface area contributed by atoms with E-state index in [0.29, 0.717) is 17.3 Å². The Bertz CT molecular complexity index is 623. The molecular formula is C8H9ClN4O3S2. The van der Waals surface area contributed by atoms with Gasteiger partial charge in [-0.15, -0.1) is 21.5 Å². The first-order valence-corrected chi connectivity index (χ1v) is 7.98. The SMILES string of the molecule is COCCn1c(-c2cncs2)nnc1S(=O)(=O)Cl. The molecule has 2 aromatic heterocycles. The molecule has 0 aliphatic heterocycles. The Kier molecular flexibility index (Phi) is 3.95. The fourth-order valence-electron chi connectivity index (χ4n) is 1.36. The highest BCUT2D eigenvalue weighted by atomic mass is 35.7. The quantitative estimate of drug-likeness (QED) is 0.765. The van der Waals surface area contributed by atoms with E-state index in [2.05, 4.69) is 15.2 Å². The summed E-state index contributed by atoms with van der Waals surface area (Å²) in [5.74, 6) is 0.411. The summed E-state index contributed by atoms with van der Waals surface area (Å²) in [6, 6.07) is 0. The van der Waals surface area contributed by atoms with Crippen molar-refractivity contribution in [1.82, 2.24) is 19.7 Å². The maximum atomic E-state index is 11.4. The van der Waals surface area contributed by atoms with Crippen LogP contribution in [-0.2, 0) is 20.3 Å². The lowest BCUT2D eigenvalue weighted by Gasteiger charge is -2.06. The van der Waals surface area contributed by atoms with E-state index in [1.165, 1.54) is 23.0 Å². The van der Waals surface area contributed by atoms with Crippen molar-refractivity contribution in [3.63, 3.8) is 0 Å². The fraction of sp³-hybridized carbons (Fsp3) is 0.375. The van der Waals surface area contributed by atoms with Crippen LogP contribution in [0.15, 0.2) is 16.9 Å². The van der Waals surface area contributed by atoms with E-state index in [-0.39, 0.29) is 11.7 Å². The van der Waals surface area contributed by atoms with E-state index in [0.717, 1.165) is 0 Å². The van der Waals surface area contributed by atoms with Crippen LogP contribution in [0.2, 0.25) is 0 Å². The van der Waals surface area contributed by atoms with Crippen molar-refractivity contribution in [2.75, 3.05) is 13.7 Å². The third-order valence-corrected chi connectivity index (χ3v) is 4.03. The van der Waals surface area contributed by atoms with Gasteiger partial charge in [0, 0.05) is 24.0 Å². The lowest BCUT2D eigenvalue weighted by atomic mass is 10.5. The van der Waals surface area contributed by atoms with Crippen LogP contribution in [0, 0.1) is 0 Å². The van der Waals surface area contributed by atoms with Gasteiger partial charge < -0.3 is 4.74 Å². The molecule has 0 unspecified atom stereocenters. The molecule has 0 aliphatic rings. The van der Waals surface area contributed by atoms with Gasteiger partial charge in [-0.2, -0.15) is 0 Å². The number of hydrogen-bond donors (Lipinski definition) is 0. The van der Waals surface area contributed by atoms with Crippen LogP contribution in [0.5, 0.6) is 0 Å². The summed E-state index contributed by atoms with van der Waals surface area (Å²) in [4.78, 5) is 4.63. The van der Waals surface area contributed by atoms with E-state index in [1.807, 2.05) is 0 Å². The molecule has 0 aromatic carbocycles. The Morgan fingerprint density at radius 2 is 2.28 bits per heavy atom. The third kappa shape index (κ3) is 2.69. The highest BCUT2D eigenvalue weighted by Gasteiger charge is 2.23. The second kappa shape index (κ2) is 5.31. The zero-order valence-electron chi connectivity index (χ0n) is 9.28. The predicted octanol–water partition coefficient (Wildman–Crippen LogP) is 0.975. The van der Waals surface area contributed by atoms with E-state index in [4.69, 9.17) is 15.4 Å². The summed E-state index contributed by atoms with van der Waals surface area (Å²) < 4.78 is 29.1. The number of halogens is 1. The summed E-state index contributed by atoms with van der Waals surface area (Å²) in [5.41, 5.74) is 1.62. The predicted molar refractivity (Wildman–Crippen MR) is 66.0 cm³/mol. The standard InChI is InChI=1S/C8H9ClN4O3S2/c1-16-3-2-13-7(6-4-10-5-17-6)11-12-8(13)18(9,14)15/h4-5H,2-3H2,1H3. The summed E-state index contributed by atoms with van der Waals surface area (Å²) >= 11 is 1.33. The Morgan fingerprint density at radius 3 is 2.83 bits per heavy atom. The normalized spacial score (nSPS) is 11.9. The van der Waals surface area contributed by atoms with E-state index < -0.39 is 9.05 Å². The van der Waals surface area contributed by atoms with E-state index in [1.54, 1.807) is 11.7 Å². The molecule has 10 heteroatoms. The Labute approximate surface area is 112 Å². The Balaban J connectivity index is 2.51. The van der Waals surface area contributed by atoms with Gasteiger partial charge in [0.2, 0.25) is 0 Å². The molecule has 2 heterocycles. The Hall–Kier alpha value is -1.03. The number of methoxy groups -OCH3 is 1. The number of ether oxygens (including phenoxy) is 1. The highest BCUT2D eigenvalue weighted by Crippen LogP contribution is 2.24. The van der Waals surface area contributed by atoms with Crippen molar-refractivity contribution < 1.29 is 13.2 Å². The molecule has 0 radical (unpaired) electrons. The largest absolute Gasteiger partial charge is 0.383 e. The van der Waals surface area contributed by atoms with Crippen molar-refractivity contribution in [3.8, 4) is 10.7 Å². The number of hydrogen-bond acceptors (Lipinski definition) is 7. The molecule has 0 saturated carbocycles. The van der Waals surface area contributed by atoms with Gasteiger partial charge in [-0.25, -0.2) is 8.42 Å². The van der Waals surface area contributed by atoms with Gasteiger partial charge in [-0.05, 0) is 0 Å². The lowest BCUT2D eigenvalue weighted by molar-refractivity contribution is 0.185. The topological polar surface area (TPSA) is 87.0 Å². The van der Waals surface area contributed by atoms with Crippen molar-refractivity contribution in [2.45, 2.75) is 11.7 Å². The maximum Gasteiger partial charge on any atom is 0.296 e. The molecule has 18 heavy (non-hydrogen) atoms. The molecule has 0 bridgehead atoms. The molecule has 0 amide bonds. The van der Waals surface area contributed by atoms with E-state index in [9.17, 15) is 8.42 Å². The molecule has 0 N–H and O–H groups in total. The molecular weight excluding hydrogens is 300 g/mol. The monoisotopic (exact) mass is 308 g/mol. The van der Waals surface area contributed by atoms with Crippen LogP contribution in [0.1, 0.15) is 0 Å². The van der Waals surface area contributed by atoms with Crippen LogP contribution < -0.4 is 0 Å². The zero-order chi connectivity index (χ0) is 13.2. The zero-order valence-corrected chi connectivity index (χ0v) is 11.7. The maximum absolute atomic E-state index is 11.4. The van der Waals surface area contributed by atoms with Crippen LogP contribution in [-0.4, -0.2) is 41.9 Å². The van der Waals surface area contributed by atoms with Crippen molar-refractivity contribution in [2.24, 2.45) is 0 Å². The second-order valence-electron chi connectivity index (χ2n) is 3.25. The van der Waals surface area contributed by atoms with Crippen LogP contribution in [0.4, 0.5) is 0 Å². The summed E-state index contributed by atoms with van der Waals surface area (Å²) in [6.07, 6.45) is 1.59. The molecule has 0 aliphatic carbocycles. The van der Waals surface area contributed by atoms with Crippen molar-refractivity contribution in [1.29, 1.82) is 0 Å². The average molecular weight is 309 g/mol. The fourth-order valence-corrected chi connectivity index (χ4v) is 2.90. The van der Waals surface area contributed by atoms with Crippen LogP contribution in [0.3, 0.4) is 0 Å². The van der Waals surface area contributed by atoms with Crippen molar-refractivity contribution >= 4 is 31.1 Å². The van der Waals surface area contributed by atoms with Crippen LogP contribution in [0.25, 0.3) is 10.7 Å². The number of aromatic nitrogens is 4. The molecule has 2 rings (SSSR count). The lowest BCUT2D eigenvalue weighted by Crippen LogP contribution is -2.11. The van der Waals surface area contributed by atoms with Gasteiger partial charge in [0.25, 0.3) is 14.2 Å². The second-order valence-corrected chi connectivity index (χ2v) is 6.60. The molecule has 0 spiro atoms. The number of nitrogens with zero attached hydrogens (tertiary/aromatic N) is 4. The van der Waals surface area contributed by atoms with Gasteiger partial charge in [-0.3, -0.25) is 9.55 Å². The van der Waals surface area contributed by atoms with E-state index >= 15 is 0 Å². The summed E-state index contributed by atoms with van der Waals surface area (Å²) in [5, 5.41) is 7.17. The van der Waals surface area contributed by atoms with Gasteiger partial charge in [0.05, 0.1) is 23.5 Å². The number of thiazole rings is 1. The summed E-state index contributed by atoms with van der Waals surface area (Å²) in [6.45, 7) is 0.612. The minimum atomic E-state index is -3.94. The molecule has 7 nitrogen and oxygen atoms in total. The third-order valence-electron chi connectivity index (χ3n) is 2.11. The first-order chi connectivity index (χ1) is 8.54. The molecule has 0 saturated heterocycles. The average Bonchev–Trinajstić information content (AvgIpc) is 2.93. The van der Waals surface area contributed by atoms with Gasteiger partial charge >= 0.3 is 0 Å². The molecule has 98 valence electrons. The molecule has 0 fully saturated rings. The molecule has 0 atom stereocenters. The van der Waals surface area contributed by atoms with Gasteiger partial charge in [0.15, 0.2) is 5.82 Å². The Morgan fingerprint density at radius 1 is 1.50 bits per heavy atom. The number of rotatable bonds is 5. The van der Waals surface area contributed by atoms with Gasteiger partial charge in [0.1, 0.15) is 0 Å². The first kappa shape index (κ1) is 13.4. The summed E-state index contributed by atoms with van der Waals surface area (Å²) in [7, 11) is 2.89. The van der Waals surface area contributed by atoms with Crippen LogP contribution >= 0.6 is 22.0 Å². The molecule has 2 aromatic rings. The first-order valence-electron chi connectivity index (χ1n) is 4.79. The van der Waals surface area contributed by atoms with Crippen molar-refractivity contribution in [3.05, 3.63) is 11.7 Å². The minimum absolute atomic E-state index is 0.287. The minimum Gasteiger partial charge on any atom is -0.383 e. The van der Waals surface area contributed by atoms with Gasteiger partial charge in [-0.1, -0.05) is 0 Å². The smallest absolute Gasteiger partial charge is 0.296 e.